The van der Waals surface area contributed by atoms with Crippen LogP contribution in [-0.4, -0.2) is 17.6 Å². The van der Waals surface area contributed by atoms with Gasteiger partial charge < -0.3 is 10.4 Å². The standard InChI is InChI=1S/C12H13ClFNO2/c1-2-8(12(16)17)5-6-15-11-7-9(14)3-4-10(11)13/h3-5,7,15H,2,6H2,1H3,(H,16,17)/b8-5-. The van der Waals surface area contributed by atoms with Gasteiger partial charge in [0.2, 0.25) is 0 Å². The molecule has 5 heteroatoms. The number of halogens is 2. The second-order valence-corrected chi connectivity index (χ2v) is 3.80. The minimum atomic E-state index is -0.945. The van der Waals surface area contributed by atoms with E-state index in [4.69, 9.17) is 16.7 Å². The summed E-state index contributed by atoms with van der Waals surface area (Å²) in [7, 11) is 0. The van der Waals surface area contributed by atoms with Gasteiger partial charge in [0.05, 0.1) is 10.7 Å². The Bertz CT molecular complexity index is 446. The van der Waals surface area contributed by atoms with Crippen molar-refractivity contribution >= 4 is 23.3 Å². The Balaban J connectivity index is 2.67. The van der Waals surface area contributed by atoms with Crippen LogP contribution in [0.25, 0.3) is 0 Å². The molecule has 0 amide bonds. The van der Waals surface area contributed by atoms with Crippen molar-refractivity contribution in [2.45, 2.75) is 13.3 Å². The first-order chi connectivity index (χ1) is 8.04. The Morgan fingerprint density at radius 1 is 1.59 bits per heavy atom. The molecule has 0 fully saturated rings. The molecule has 0 aliphatic rings. The van der Waals surface area contributed by atoms with Crippen LogP contribution in [0.5, 0.6) is 0 Å². The predicted octanol–water partition coefficient (Wildman–Crippen LogP) is 3.31. The van der Waals surface area contributed by atoms with Crippen molar-refractivity contribution < 1.29 is 14.3 Å². The second-order valence-electron chi connectivity index (χ2n) is 3.39. The number of carboxylic acid groups (broad SMARTS) is 1. The van der Waals surface area contributed by atoms with E-state index in [0.29, 0.717) is 29.2 Å². The van der Waals surface area contributed by atoms with Crippen LogP contribution in [0.2, 0.25) is 5.02 Å². The molecule has 0 aromatic heterocycles. The maximum Gasteiger partial charge on any atom is 0.331 e. The first-order valence-electron chi connectivity index (χ1n) is 5.15. The number of anilines is 1. The molecule has 2 N–H and O–H groups in total. The molecule has 17 heavy (non-hydrogen) atoms. The molecule has 0 unspecified atom stereocenters. The Morgan fingerprint density at radius 2 is 2.29 bits per heavy atom. The van der Waals surface area contributed by atoms with Crippen molar-refractivity contribution in [1.82, 2.24) is 0 Å². The Morgan fingerprint density at radius 3 is 2.88 bits per heavy atom. The summed E-state index contributed by atoms with van der Waals surface area (Å²) in [6, 6.07) is 3.97. The summed E-state index contributed by atoms with van der Waals surface area (Å²) >= 11 is 5.84. The van der Waals surface area contributed by atoms with E-state index in [1.54, 1.807) is 13.0 Å². The molecule has 0 heterocycles. The lowest BCUT2D eigenvalue weighted by Gasteiger charge is -2.06. The van der Waals surface area contributed by atoms with Gasteiger partial charge in [-0.2, -0.15) is 0 Å². The van der Waals surface area contributed by atoms with Crippen molar-refractivity contribution in [3.8, 4) is 0 Å². The van der Waals surface area contributed by atoms with Gasteiger partial charge in [-0.1, -0.05) is 24.6 Å². The van der Waals surface area contributed by atoms with Crippen molar-refractivity contribution in [2.75, 3.05) is 11.9 Å². The van der Waals surface area contributed by atoms with E-state index in [2.05, 4.69) is 5.32 Å². The van der Waals surface area contributed by atoms with E-state index in [1.807, 2.05) is 0 Å². The van der Waals surface area contributed by atoms with Gasteiger partial charge in [0, 0.05) is 12.1 Å². The highest BCUT2D eigenvalue weighted by Crippen LogP contribution is 2.22. The van der Waals surface area contributed by atoms with Crippen LogP contribution in [0.1, 0.15) is 13.3 Å². The topological polar surface area (TPSA) is 49.3 Å². The van der Waals surface area contributed by atoms with E-state index in [1.165, 1.54) is 18.2 Å². The highest BCUT2D eigenvalue weighted by Gasteiger charge is 2.04. The zero-order valence-electron chi connectivity index (χ0n) is 9.34. The number of hydrogen-bond acceptors (Lipinski definition) is 2. The number of aliphatic carboxylic acids is 1. The number of rotatable bonds is 5. The molecule has 0 aliphatic heterocycles. The van der Waals surface area contributed by atoms with Gasteiger partial charge in [-0.05, 0) is 24.6 Å². The number of nitrogens with one attached hydrogen (secondary N) is 1. The first kappa shape index (κ1) is 13.5. The highest BCUT2D eigenvalue weighted by molar-refractivity contribution is 6.33. The highest BCUT2D eigenvalue weighted by atomic mass is 35.5. The third-order valence-corrected chi connectivity index (χ3v) is 2.55. The largest absolute Gasteiger partial charge is 0.478 e. The summed E-state index contributed by atoms with van der Waals surface area (Å²) in [5.74, 6) is -1.34. The summed E-state index contributed by atoms with van der Waals surface area (Å²) in [5, 5.41) is 12.0. The summed E-state index contributed by atoms with van der Waals surface area (Å²) < 4.78 is 12.9. The number of carbonyl (C=O) groups is 1. The zero-order valence-corrected chi connectivity index (χ0v) is 10.1. The van der Waals surface area contributed by atoms with Gasteiger partial charge in [0.1, 0.15) is 5.82 Å². The lowest BCUT2D eigenvalue weighted by Crippen LogP contribution is -2.05. The molecule has 0 spiro atoms. The SMILES string of the molecule is CC/C(=C/CNc1cc(F)ccc1Cl)C(=O)O. The molecular formula is C12H13ClFNO2. The van der Waals surface area contributed by atoms with Crippen molar-refractivity contribution in [3.63, 3.8) is 0 Å². The third-order valence-electron chi connectivity index (χ3n) is 2.22. The quantitative estimate of drug-likeness (QED) is 0.796. The third kappa shape index (κ3) is 4.07. The van der Waals surface area contributed by atoms with E-state index in [9.17, 15) is 9.18 Å². The van der Waals surface area contributed by atoms with Crippen molar-refractivity contribution in [3.05, 3.63) is 40.7 Å². The fraction of sp³-hybridized carbons (Fsp3) is 0.250. The number of benzene rings is 1. The molecule has 0 radical (unpaired) electrons. The van der Waals surface area contributed by atoms with Gasteiger partial charge in [-0.15, -0.1) is 0 Å². The molecule has 1 rings (SSSR count). The Kier molecular flexibility index (Phi) is 4.97. The van der Waals surface area contributed by atoms with Crippen LogP contribution < -0.4 is 5.32 Å². The average Bonchev–Trinajstić information content (AvgIpc) is 2.28. The van der Waals surface area contributed by atoms with Crippen LogP contribution >= 0.6 is 11.6 Å². The molecule has 1 aromatic rings. The fourth-order valence-electron chi connectivity index (χ4n) is 1.30. The van der Waals surface area contributed by atoms with Gasteiger partial charge in [0.15, 0.2) is 0 Å². The monoisotopic (exact) mass is 257 g/mol. The van der Waals surface area contributed by atoms with Crippen molar-refractivity contribution in [2.24, 2.45) is 0 Å². The molecule has 92 valence electrons. The van der Waals surface area contributed by atoms with E-state index in [0.717, 1.165) is 0 Å². The molecular weight excluding hydrogens is 245 g/mol. The normalized spacial score (nSPS) is 11.4. The van der Waals surface area contributed by atoms with Crippen LogP contribution in [0.3, 0.4) is 0 Å². The Hall–Kier alpha value is -1.55. The molecule has 0 bridgehead atoms. The lowest BCUT2D eigenvalue weighted by atomic mass is 10.2. The summed E-state index contributed by atoms with van der Waals surface area (Å²) in [4.78, 5) is 10.7. The minimum Gasteiger partial charge on any atom is -0.478 e. The van der Waals surface area contributed by atoms with E-state index in [-0.39, 0.29) is 0 Å². The molecule has 0 atom stereocenters. The van der Waals surface area contributed by atoms with Crippen molar-refractivity contribution in [1.29, 1.82) is 0 Å². The summed E-state index contributed by atoms with van der Waals surface area (Å²) in [6.45, 7) is 2.05. The van der Waals surface area contributed by atoms with E-state index < -0.39 is 11.8 Å². The van der Waals surface area contributed by atoms with E-state index >= 15 is 0 Å². The predicted molar refractivity (Wildman–Crippen MR) is 65.9 cm³/mol. The maximum atomic E-state index is 12.9. The average molecular weight is 258 g/mol. The second kappa shape index (κ2) is 6.25. The lowest BCUT2D eigenvalue weighted by molar-refractivity contribution is -0.132. The van der Waals surface area contributed by atoms with Gasteiger partial charge >= 0.3 is 5.97 Å². The number of carboxylic acids is 1. The molecule has 0 aliphatic carbocycles. The minimum absolute atomic E-state index is 0.290. The fourth-order valence-corrected chi connectivity index (χ4v) is 1.48. The van der Waals surface area contributed by atoms with Crippen LogP contribution in [-0.2, 0) is 4.79 Å². The van der Waals surface area contributed by atoms with Gasteiger partial charge in [-0.25, -0.2) is 9.18 Å². The van der Waals surface area contributed by atoms with Gasteiger partial charge in [0.25, 0.3) is 0 Å². The van der Waals surface area contributed by atoms with Gasteiger partial charge in [-0.3, -0.25) is 0 Å². The van der Waals surface area contributed by atoms with Crippen LogP contribution in [0.15, 0.2) is 29.8 Å². The molecule has 3 nitrogen and oxygen atoms in total. The number of hydrogen-bond donors (Lipinski definition) is 2. The molecule has 0 saturated carbocycles. The smallest absolute Gasteiger partial charge is 0.331 e. The molecule has 1 aromatic carbocycles. The first-order valence-corrected chi connectivity index (χ1v) is 5.53. The summed E-state index contributed by atoms with van der Waals surface area (Å²) in [6.07, 6.45) is 1.98. The zero-order chi connectivity index (χ0) is 12.8. The summed E-state index contributed by atoms with van der Waals surface area (Å²) in [5.41, 5.74) is 0.758. The van der Waals surface area contributed by atoms with Crippen LogP contribution in [0.4, 0.5) is 10.1 Å². The maximum absolute atomic E-state index is 12.9. The van der Waals surface area contributed by atoms with Crippen LogP contribution in [0, 0.1) is 5.82 Å². The Labute approximate surface area is 104 Å². The molecule has 0 saturated heterocycles.